The molecule has 2 rings (SSSR count). The molecule has 17 heavy (non-hydrogen) atoms. The molecular weight excluding hydrogens is 236 g/mol. The molecule has 1 saturated heterocycles. The van der Waals surface area contributed by atoms with Gasteiger partial charge in [-0.15, -0.1) is 12.4 Å². The van der Waals surface area contributed by atoms with Crippen molar-refractivity contribution in [3.05, 3.63) is 0 Å². The van der Waals surface area contributed by atoms with E-state index in [-0.39, 0.29) is 12.4 Å². The molecule has 0 bridgehead atoms. The Morgan fingerprint density at radius 3 is 2.53 bits per heavy atom. The standard InChI is InChI=1S/C13H24N2O.ClH/c1-14-10-12-8-5-9-15(12)13(16)11-6-3-2-4-7-11;/h11-12,14H,2-10H2,1H3;1H. The molecule has 0 aromatic rings. The molecule has 100 valence electrons. The minimum absolute atomic E-state index is 0. The molecule has 1 atom stereocenters. The lowest BCUT2D eigenvalue weighted by Gasteiger charge is -2.30. The molecule has 1 aliphatic carbocycles. The number of likely N-dealkylation sites (N-methyl/N-ethyl adjacent to an activating group) is 1. The van der Waals surface area contributed by atoms with E-state index in [1.807, 2.05) is 7.05 Å². The molecule has 2 fully saturated rings. The molecule has 2 aliphatic rings. The molecule has 4 heteroatoms. The predicted molar refractivity (Wildman–Crippen MR) is 72.5 cm³/mol. The van der Waals surface area contributed by atoms with Crippen molar-refractivity contribution in [2.24, 2.45) is 5.92 Å². The van der Waals surface area contributed by atoms with Gasteiger partial charge in [-0.3, -0.25) is 4.79 Å². The van der Waals surface area contributed by atoms with E-state index >= 15 is 0 Å². The van der Waals surface area contributed by atoms with Crippen LogP contribution in [0.15, 0.2) is 0 Å². The van der Waals surface area contributed by atoms with E-state index < -0.39 is 0 Å². The Hall–Kier alpha value is -0.280. The van der Waals surface area contributed by atoms with Crippen LogP contribution >= 0.6 is 12.4 Å². The molecule has 1 heterocycles. The van der Waals surface area contributed by atoms with Gasteiger partial charge in [0.05, 0.1) is 0 Å². The zero-order valence-electron chi connectivity index (χ0n) is 10.8. The van der Waals surface area contributed by atoms with Crippen molar-refractivity contribution in [1.82, 2.24) is 10.2 Å². The second kappa shape index (κ2) is 7.22. The second-order valence-electron chi connectivity index (χ2n) is 5.22. The molecule has 1 saturated carbocycles. The van der Waals surface area contributed by atoms with Crippen LogP contribution in [-0.4, -0.2) is 37.0 Å². The number of likely N-dealkylation sites (tertiary alicyclic amines) is 1. The first-order chi connectivity index (χ1) is 7.83. The van der Waals surface area contributed by atoms with E-state index in [2.05, 4.69) is 10.2 Å². The first kappa shape index (κ1) is 14.8. The van der Waals surface area contributed by atoms with E-state index in [0.717, 1.165) is 25.9 Å². The van der Waals surface area contributed by atoms with E-state index in [4.69, 9.17) is 0 Å². The van der Waals surface area contributed by atoms with Crippen molar-refractivity contribution in [2.75, 3.05) is 20.1 Å². The molecule has 0 aromatic heterocycles. The number of nitrogens with one attached hydrogen (secondary N) is 1. The van der Waals surface area contributed by atoms with Crippen LogP contribution in [0.5, 0.6) is 0 Å². The van der Waals surface area contributed by atoms with Gasteiger partial charge in [0, 0.05) is 25.0 Å². The number of halogens is 1. The number of nitrogens with zero attached hydrogens (tertiary/aromatic N) is 1. The highest BCUT2D eigenvalue weighted by Gasteiger charge is 2.32. The fourth-order valence-corrected chi connectivity index (χ4v) is 3.16. The zero-order chi connectivity index (χ0) is 11.4. The van der Waals surface area contributed by atoms with Crippen LogP contribution in [0.25, 0.3) is 0 Å². The van der Waals surface area contributed by atoms with E-state index in [1.54, 1.807) is 0 Å². The Labute approximate surface area is 111 Å². The average Bonchev–Trinajstić information content (AvgIpc) is 2.78. The largest absolute Gasteiger partial charge is 0.338 e. The summed E-state index contributed by atoms with van der Waals surface area (Å²) in [6, 6.07) is 0.458. The number of rotatable bonds is 3. The summed E-state index contributed by atoms with van der Waals surface area (Å²) in [6.07, 6.45) is 8.44. The van der Waals surface area contributed by atoms with Crippen LogP contribution in [-0.2, 0) is 4.79 Å². The van der Waals surface area contributed by atoms with Crippen molar-refractivity contribution >= 4 is 18.3 Å². The van der Waals surface area contributed by atoms with Crippen LogP contribution in [0.3, 0.4) is 0 Å². The normalized spacial score (nSPS) is 25.7. The number of hydrogen-bond donors (Lipinski definition) is 1. The topological polar surface area (TPSA) is 32.3 Å². The number of carbonyl (C=O) groups excluding carboxylic acids is 1. The number of amides is 1. The second-order valence-corrected chi connectivity index (χ2v) is 5.22. The lowest BCUT2D eigenvalue weighted by atomic mass is 9.88. The van der Waals surface area contributed by atoms with Crippen LogP contribution < -0.4 is 5.32 Å². The molecule has 3 nitrogen and oxygen atoms in total. The SMILES string of the molecule is CNCC1CCCN1C(=O)C1CCCCC1.Cl. The van der Waals surface area contributed by atoms with Crippen molar-refractivity contribution < 1.29 is 4.79 Å². The van der Waals surface area contributed by atoms with Gasteiger partial charge in [-0.1, -0.05) is 19.3 Å². The van der Waals surface area contributed by atoms with Crippen molar-refractivity contribution in [3.8, 4) is 0 Å². The van der Waals surface area contributed by atoms with Gasteiger partial charge in [0.1, 0.15) is 0 Å². The molecule has 0 radical (unpaired) electrons. The molecule has 1 N–H and O–H groups in total. The zero-order valence-corrected chi connectivity index (χ0v) is 11.6. The number of carbonyl (C=O) groups is 1. The molecule has 1 aliphatic heterocycles. The molecule has 0 spiro atoms. The van der Waals surface area contributed by atoms with E-state index in [9.17, 15) is 4.79 Å². The lowest BCUT2D eigenvalue weighted by Crippen LogP contribution is -2.44. The Balaban J connectivity index is 0.00000144. The van der Waals surface area contributed by atoms with Crippen LogP contribution in [0.2, 0.25) is 0 Å². The molecule has 1 amide bonds. The van der Waals surface area contributed by atoms with Gasteiger partial charge in [0.15, 0.2) is 0 Å². The van der Waals surface area contributed by atoms with Crippen molar-refractivity contribution in [3.63, 3.8) is 0 Å². The van der Waals surface area contributed by atoms with Crippen molar-refractivity contribution in [2.45, 2.75) is 51.0 Å². The Bertz CT molecular complexity index is 242. The summed E-state index contributed by atoms with van der Waals surface area (Å²) in [6.45, 7) is 1.94. The smallest absolute Gasteiger partial charge is 0.225 e. The van der Waals surface area contributed by atoms with Crippen molar-refractivity contribution in [1.29, 1.82) is 0 Å². The molecular formula is C13H25ClN2O. The first-order valence-corrected chi connectivity index (χ1v) is 6.78. The Morgan fingerprint density at radius 2 is 1.88 bits per heavy atom. The summed E-state index contributed by atoms with van der Waals surface area (Å²) in [5.41, 5.74) is 0. The quantitative estimate of drug-likeness (QED) is 0.844. The highest BCUT2D eigenvalue weighted by Crippen LogP contribution is 2.28. The maximum atomic E-state index is 12.4. The summed E-state index contributed by atoms with van der Waals surface area (Å²) in [7, 11) is 1.97. The van der Waals surface area contributed by atoms with Gasteiger partial charge >= 0.3 is 0 Å². The Kier molecular flexibility index (Phi) is 6.28. The fraction of sp³-hybridized carbons (Fsp3) is 0.923. The van der Waals surface area contributed by atoms with Crippen LogP contribution in [0, 0.1) is 5.92 Å². The maximum Gasteiger partial charge on any atom is 0.225 e. The third-order valence-electron chi connectivity index (χ3n) is 4.05. The molecule has 0 aromatic carbocycles. The highest BCUT2D eigenvalue weighted by atomic mass is 35.5. The van der Waals surface area contributed by atoms with Gasteiger partial charge in [0.2, 0.25) is 5.91 Å². The van der Waals surface area contributed by atoms with E-state index in [1.165, 1.54) is 32.1 Å². The van der Waals surface area contributed by atoms with Gasteiger partial charge < -0.3 is 10.2 Å². The predicted octanol–water partition coefficient (Wildman–Crippen LogP) is 2.20. The highest BCUT2D eigenvalue weighted by molar-refractivity contribution is 5.85. The first-order valence-electron chi connectivity index (χ1n) is 6.78. The van der Waals surface area contributed by atoms with E-state index in [0.29, 0.717) is 17.9 Å². The number of hydrogen-bond acceptors (Lipinski definition) is 2. The van der Waals surface area contributed by atoms with Gasteiger partial charge in [-0.25, -0.2) is 0 Å². The third-order valence-corrected chi connectivity index (χ3v) is 4.05. The van der Waals surface area contributed by atoms with Gasteiger partial charge in [-0.05, 0) is 32.7 Å². The monoisotopic (exact) mass is 260 g/mol. The summed E-state index contributed by atoms with van der Waals surface area (Å²) >= 11 is 0. The summed E-state index contributed by atoms with van der Waals surface area (Å²) in [5.74, 6) is 0.781. The van der Waals surface area contributed by atoms with Crippen LogP contribution in [0.4, 0.5) is 0 Å². The summed E-state index contributed by atoms with van der Waals surface area (Å²) < 4.78 is 0. The lowest BCUT2D eigenvalue weighted by molar-refractivity contribution is -0.137. The Morgan fingerprint density at radius 1 is 1.18 bits per heavy atom. The summed E-state index contributed by atoms with van der Waals surface area (Å²) in [5, 5.41) is 3.20. The average molecular weight is 261 g/mol. The third kappa shape index (κ3) is 3.59. The van der Waals surface area contributed by atoms with Gasteiger partial charge in [-0.2, -0.15) is 0 Å². The maximum absolute atomic E-state index is 12.4. The van der Waals surface area contributed by atoms with Crippen LogP contribution in [0.1, 0.15) is 44.9 Å². The minimum Gasteiger partial charge on any atom is -0.338 e. The molecule has 1 unspecified atom stereocenters. The fourth-order valence-electron chi connectivity index (χ4n) is 3.16. The summed E-state index contributed by atoms with van der Waals surface area (Å²) in [4.78, 5) is 14.5. The van der Waals surface area contributed by atoms with Gasteiger partial charge in [0.25, 0.3) is 0 Å². The minimum atomic E-state index is 0.